The Kier molecular flexibility index (Phi) is 35.6. The van der Waals surface area contributed by atoms with E-state index in [9.17, 15) is 14.3 Å². The van der Waals surface area contributed by atoms with E-state index in [0.717, 1.165) is 77.0 Å². The molecule has 0 spiro atoms. The van der Waals surface area contributed by atoms with Crippen LogP contribution >= 0.6 is 7.82 Å². The second kappa shape index (κ2) is 37.0. The van der Waals surface area contributed by atoms with Gasteiger partial charge in [-0.1, -0.05) is 127 Å². The van der Waals surface area contributed by atoms with Gasteiger partial charge in [-0.25, -0.2) is 4.57 Å². The largest absolute Gasteiger partial charge is 0.498 e. The highest BCUT2D eigenvalue weighted by Crippen LogP contribution is 2.43. The number of quaternary nitrogens is 1. The Morgan fingerprint density at radius 1 is 0.623 bits per heavy atom. The Bertz CT molecular complexity index is 1030. The fraction of sp³-hybridized carbons (Fsp3) is 0.750. The van der Waals surface area contributed by atoms with Crippen LogP contribution in [0.2, 0.25) is 0 Å². The van der Waals surface area contributed by atoms with Crippen LogP contribution in [0.4, 0.5) is 0 Å². The number of likely N-dealkylation sites (N-methyl/N-ethyl adjacent to an activating group) is 1. The minimum absolute atomic E-state index is 0.0331. The molecular formula is C44H81NO7P+. The maximum atomic E-state index is 12.6. The van der Waals surface area contributed by atoms with Gasteiger partial charge in [-0.15, -0.1) is 0 Å². The number of phosphoric acid groups is 1. The third-order valence-electron chi connectivity index (χ3n) is 8.63. The molecule has 0 rings (SSSR count). The third-order valence-corrected chi connectivity index (χ3v) is 9.61. The molecule has 1 N–H and O–H groups in total. The number of hydrogen-bond acceptors (Lipinski definition) is 6. The highest BCUT2D eigenvalue weighted by molar-refractivity contribution is 7.47. The molecule has 9 heteroatoms. The van der Waals surface area contributed by atoms with Crippen LogP contribution < -0.4 is 0 Å². The van der Waals surface area contributed by atoms with Crippen LogP contribution in [0.3, 0.4) is 0 Å². The van der Waals surface area contributed by atoms with E-state index >= 15 is 0 Å². The van der Waals surface area contributed by atoms with Gasteiger partial charge in [-0.05, 0) is 83.1 Å². The van der Waals surface area contributed by atoms with E-state index in [1.165, 1.54) is 64.2 Å². The highest BCUT2D eigenvalue weighted by Gasteiger charge is 2.26. The van der Waals surface area contributed by atoms with Crippen molar-refractivity contribution in [2.24, 2.45) is 0 Å². The van der Waals surface area contributed by atoms with E-state index in [4.69, 9.17) is 18.5 Å². The number of allylic oxidation sites excluding steroid dienone is 9. The summed E-state index contributed by atoms with van der Waals surface area (Å²) < 4.78 is 34.7. The van der Waals surface area contributed by atoms with Gasteiger partial charge in [0.15, 0.2) is 6.10 Å². The van der Waals surface area contributed by atoms with Gasteiger partial charge in [-0.2, -0.15) is 0 Å². The van der Waals surface area contributed by atoms with Crippen LogP contribution in [0.1, 0.15) is 162 Å². The summed E-state index contributed by atoms with van der Waals surface area (Å²) in [7, 11) is 1.61. The van der Waals surface area contributed by atoms with Crippen molar-refractivity contribution >= 4 is 13.8 Å². The first-order chi connectivity index (χ1) is 25.6. The van der Waals surface area contributed by atoms with Crippen LogP contribution in [-0.2, 0) is 27.9 Å². The maximum absolute atomic E-state index is 12.6. The number of unbranched alkanes of at least 4 members (excludes halogenated alkanes) is 16. The molecule has 0 heterocycles. The van der Waals surface area contributed by atoms with Gasteiger partial charge in [0.1, 0.15) is 19.8 Å². The summed E-state index contributed by atoms with van der Waals surface area (Å²) in [5.74, 6) is -0.358. The van der Waals surface area contributed by atoms with E-state index < -0.39 is 13.9 Å². The van der Waals surface area contributed by atoms with Crippen molar-refractivity contribution in [2.45, 2.75) is 168 Å². The lowest BCUT2D eigenvalue weighted by Crippen LogP contribution is -2.37. The average molecular weight is 767 g/mol. The van der Waals surface area contributed by atoms with Crippen molar-refractivity contribution in [1.82, 2.24) is 0 Å². The molecule has 0 aromatic carbocycles. The lowest BCUT2D eigenvalue weighted by Gasteiger charge is -2.24. The molecule has 0 bridgehead atoms. The minimum Gasteiger partial charge on any atom is -0.498 e. The maximum Gasteiger partial charge on any atom is 0.472 e. The fourth-order valence-corrected chi connectivity index (χ4v) is 6.09. The molecule has 1 unspecified atom stereocenters. The smallest absolute Gasteiger partial charge is 0.472 e. The molecule has 0 aromatic rings. The Balaban J connectivity index is 4.37. The van der Waals surface area contributed by atoms with Gasteiger partial charge in [0.25, 0.3) is 0 Å². The summed E-state index contributed by atoms with van der Waals surface area (Å²) in [6.07, 6.45) is 46.3. The van der Waals surface area contributed by atoms with Crippen molar-refractivity contribution in [3.05, 3.63) is 60.9 Å². The molecule has 0 radical (unpaired) electrons. The standard InChI is InChI=1S/C44H80NO7P/c1-6-8-10-12-14-16-18-20-22-24-26-28-30-32-34-36-39-49-41-43(42-51-53(47,48)50-40-38-45(3,4)5)52-44(46)37-35-33-31-29-27-25-23-21-19-17-15-13-11-9-7-2/h9,11,15,17,20-23,36,39,43H,6-8,10,12-14,16,18-19,24-35,37-38,40-42H2,1-5H3/p+1/b11-9-,17-15-,22-20-,23-21-,39-36-/t43-/m1/s1. The van der Waals surface area contributed by atoms with Crippen LogP contribution in [-0.4, -0.2) is 69.0 Å². The van der Waals surface area contributed by atoms with Gasteiger partial charge in [0.05, 0.1) is 34.0 Å². The van der Waals surface area contributed by atoms with Crippen molar-refractivity contribution in [1.29, 1.82) is 0 Å². The first kappa shape index (κ1) is 51.0. The van der Waals surface area contributed by atoms with Crippen molar-refractivity contribution in [3.63, 3.8) is 0 Å². The second-order valence-corrected chi connectivity index (χ2v) is 16.5. The fourth-order valence-electron chi connectivity index (χ4n) is 5.35. The molecule has 0 amide bonds. The molecule has 0 aliphatic carbocycles. The average Bonchev–Trinajstić information content (AvgIpc) is 3.11. The third kappa shape index (κ3) is 41.1. The van der Waals surface area contributed by atoms with Gasteiger partial charge in [0.2, 0.25) is 0 Å². The summed E-state index contributed by atoms with van der Waals surface area (Å²) in [6.45, 7) is 4.77. The lowest BCUT2D eigenvalue weighted by molar-refractivity contribution is -0.870. The van der Waals surface area contributed by atoms with E-state index in [1.54, 1.807) is 6.26 Å². The first-order valence-electron chi connectivity index (χ1n) is 21.1. The number of ether oxygens (including phenoxy) is 2. The number of hydrogen-bond donors (Lipinski definition) is 1. The number of phosphoric ester groups is 1. The molecule has 0 aliphatic heterocycles. The molecular weight excluding hydrogens is 685 g/mol. The quantitative estimate of drug-likeness (QED) is 0.0167. The minimum atomic E-state index is -4.30. The number of nitrogens with zero attached hydrogens (tertiary/aromatic N) is 1. The van der Waals surface area contributed by atoms with Crippen LogP contribution in [0.25, 0.3) is 0 Å². The Labute approximate surface area is 326 Å². The first-order valence-corrected chi connectivity index (χ1v) is 22.6. The molecule has 53 heavy (non-hydrogen) atoms. The SMILES string of the molecule is CC/C=C\C/C=C\C/C=C\CCCCCCCC(=O)O[C@H](CO/C=C\CCCCCC/C=C\CCCCCCCC)COP(=O)(O)OCC[N+](C)(C)C. The predicted octanol–water partition coefficient (Wildman–Crippen LogP) is 12.5. The molecule has 8 nitrogen and oxygen atoms in total. The molecule has 0 aliphatic rings. The van der Waals surface area contributed by atoms with Gasteiger partial charge in [-0.3, -0.25) is 13.8 Å². The molecule has 0 fully saturated rings. The van der Waals surface area contributed by atoms with Crippen LogP contribution in [0.5, 0.6) is 0 Å². The number of carbonyl (C=O) groups excluding carboxylic acids is 1. The normalized spacial score (nSPS) is 14.4. The second-order valence-electron chi connectivity index (χ2n) is 15.0. The molecule has 308 valence electrons. The number of rotatable bonds is 38. The van der Waals surface area contributed by atoms with Gasteiger partial charge < -0.3 is 18.9 Å². The number of carbonyl (C=O) groups is 1. The van der Waals surface area contributed by atoms with E-state index in [-0.39, 0.29) is 32.2 Å². The van der Waals surface area contributed by atoms with Crippen molar-refractivity contribution in [3.8, 4) is 0 Å². The lowest BCUT2D eigenvalue weighted by atomic mass is 10.1. The summed E-state index contributed by atoms with van der Waals surface area (Å²) in [6, 6.07) is 0. The van der Waals surface area contributed by atoms with Crippen molar-refractivity contribution < 1.29 is 37.3 Å². The zero-order chi connectivity index (χ0) is 39.1. The Hall–Kier alpha value is -1.96. The summed E-state index contributed by atoms with van der Waals surface area (Å²) >= 11 is 0. The van der Waals surface area contributed by atoms with Crippen LogP contribution in [0, 0.1) is 0 Å². The van der Waals surface area contributed by atoms with Crippen molar-refractivity contribution in [2.75, 3.05) is 47.5 Å². The zero-order valence-electron chi connectivity index (χ0n) is 34.7. The molecule has 0 saturated carbocycles. The molecule has 0 saturated heterocycles. The van der Waals surface area contributed by atoms with E-state index in [0.29, 0.717) is 11.0 Å². The summed E-state index contributed by atoms with van der Waals surface area (Å²) in [5, 5.41) is 0. The zero-order valence-corrected chi connectivity index (χ0v) is 35.6. The predicted molar refractivity (Wildman–Crippen MR) is 224 cm³/mol. The Morgan fingerprint density at radius 2 is 1.11 bits per heavy atom. The van der Waals surface area contributed by atoms with E-state index in [1.807, 2.05) is 27.2 Å². The topological polar surface area (TPSA) is 91.3 Å². The number of esters is 1. The molecule has 0 aromatic heterocycles. The highest BCUT2D eigenvalue weighted by atomic mass is 31.2. The van der Waals surface area contributed by atoms with Gasteiger partial charge >= 0.3 is 13.8 Å². The molecule has 2 atom stereocenters. The van der Waals surface area contributed by atoms with Gasteiger partial charge in [0, 0.05) is 6.42 Å². The van der Waals surface area contributed by atoms with E-state index in [2.05, 4.69) is 62.5 Å². The summed E-state index contributed by atoms with van der Waals surface area (Å²) in [5.41, 5.74) is 0. The monoisotopic (exact) mass is 767 g/mol. The summed E-state index contributed by atoms with van der Waals surface area (Å²) in [4.78, 5) is 22.8. The van der Waals surface area contributed by atoms with Crippen LogP contribution in [0.15, 0.2) is 60.9 Å². The Morgan fingerprint density at radius 3 is 1.68 bits per heavy atom.